The van der Waals surface area contributed by atoms with Gasteiger partial charge in [-0.1, -0.05) is 16.4 Å². The summed E-state index contributed by atoms with van der Waals surface area (Å²) >= 11 is 0. The van der Waals surface area contributed by atoms with Gasteiger partial charge in [-0.25, -0.2) is 13.6 Å². The number of hydrogen-bond donors (Lipinski definition) is 0. The fraction of sp³-hybridized carbons (Fsp3) is 0.645. The Hall–Kier alpha value is -3.37. The van der Waals surface area contributed by atoms with Crippen LogP contribution < -0.4 is 4.90 Å². The number of aromatic nitrogens is 4. The van der Waals surface area contributed by atoms with Crippen LogP contribution in [-0.2, 0) is 5.41 Å². The quantitative estimate of drug-likeness (QED) is 0.303. The Morgan fingerprint density at radius 2 is 1.52 bits per heavy atom. The molecule has 6 aliphatic rings. The molecule has 11 heteroatoms. The predicted molar refractivity (Wildman–Crippen MR) is 148 cm³/mol. The lowest BCUT2D eigenvalue weighted by Gasteiger charge is -2.53. The molecule has 3 heterocycles. The van der Waals surface area contributed by atoms with E-state index in [-0.39, 0.29) is 42.8 Å². The molecule has 42 heavy (non-hydrogen) atoms. The van der Waals surface area contributed by atoms with E-state index in [4.69, 9.17) is 14.0 Å². The van der Waals surface area contributed by atoms with Crippen molar-refractivity contribution in [1.29, 1.82) is 0 Å². The van der Waals surface area contributed by atoms with E-state index in [1.807, 2.05) is 29.2 Å². The first-order chi connectivity index (χ1) is 20.3. The number of urea groups is 1. The summed E-state index contributed by atoms with van der Waals surface area (Å²) in [6.45, 7) is 0.632. The number of likely N-dealkylation sites (tertiary alicyclic amines) is 1. The van der Waals surface area contributed by atoms with Gasteiger partial charge in [0, 0.05) is 61.0 Å². The molecule has 2 bridgehead atoms. The molecule has 5 saturated carbocycles. The summed E-state index contributed by atoms with van der Waals surface area (Å²) in [6, 6.07) is 7.43. The lowest BCUT2D eigenvalue weighted by molar-refractivity contribution is -0.0468. The van der Waals surface area contributed by atoms with E-state index in [1.165, 1.54) is 0 Å². The highest BCUT2D eigenvalue weighted by Crippen LogP contribution is 2.58. The normalized spacial score (nSPS) is 28.7. The number of benzene rings is 1. The topological polar surface area (TPSA) is 101 Å². The first-order valence-corrected chi connectivity index (χ1v) is 15.5. The first kappa shape index (κ1) is 26.3. The molecule has 2 aromatic heterocycles. The number of piperidine rings is 1. The van der Waals surface area contributed by atoms with E-state index < -0.39 is 5.92 Å². The highest BCUT2D eigenvalue weighted by molar-refractivity contribution is 5.93. The second-order valence-corrected chi connectivity index (χ2v) is 13.5. The molecule has 1 aliphatic heterocycles. The fourth-order valence-corrected chi connectivity index (χ4v) is 7.25. The molecule has 0 spiro atoms. The van der Waals surface area contributed by atoms with Gasteiger partial charge >= 0.3 is 6.03 Å². The van der Waals surface area contributed by atoms with Crippen LogP contribution in [0.3, 0.4) is 0 Å². The summed E-state index contributed by atoms with van der Waals surface area (Å²) < 4.78 is 39.4. The van der Waals surface area contributed by atoms with E-state index in [2.05, 4.69) is 15.3 Å². The zero-order chi connectivity index (χ0) is 28.5. The molecule has 9 rings (SSSR count). The van der Waals surface area contributed by atoms with Gasteiger partial charge in [0.1, 0.15) is 0 Å². The number of hydrogen-bond acceptors (Lipinski definition) is 7. The molecule has 1 aromatic carbocycles. The summed E-state index contributed by atoms with van der Waals surface area (Å²) in [5, 5.41) is 8.44. The van der Waals surface area contributed by atoms with Gasteiger partial charge in [0.15, 0.2) is 11.6 Å². The number of amides is 2. The average Bonchev–Trinajstić information content (AvgIpc) is 3.95. The lowest BCUT2D eigenvalue weighted by Crippen LogP contribution is -2.54. The SMILES string of the molecule is O=C(N1CCC(F)(F)CC1)N(CC12CCC(c3nc(C4CC4)no3)(CC1)CC2)c1cccc(-c2nc(C3CC3)no2)c1. The Kier molecular flexibility index (Phi) is 5.99. The molecular formula is C31H36F2N6O3. The summed E-state index contributed by atoms with van der Waals surface area (Å²) in [5.74, 6) is 0.928. The van der Waals surface area contributed by atoms with Crippen molar-refractivity contribution in [2.75, 3.05) is 24.5 Å². The van der Waals surface area contributed by atoms with Crippen molar-refractivity contribution in [3.8, 4) is 11.5 Å². The number of carbonyl (C=O) groups is 1. The third-order valence-electron chi connectivity index (χ3n) is 10.5. The van der Waals surface area contributed by atoms with E-state index in [0.29, 0.717) is 24.3 Å². The van der Waals surface area contributed by atoms with E-state index in [9.17, 15) is 13.6 Å². The summed E-state index contributed by atoms with van der Waals surface area (Å²) in [4.78, 5) is 26.9. The standard InChI is InChI=1S/C31H36F2N6O3/c32-31(33)14-16-38(17-15-31)28(40)39(23-3-1-2-22(18-23)26-34-24(36-41-26)20-4-5-20)19-29-8-11-30(12-9-29,13-10-29)27-35-25(37-42-27)21-6-7-21/h1-3,18,20-21H,4-17,19H2. The minimum absolute atomic E-state index is 0.0486. The van der Waals surface area contributed by atoms with Crippen LogP contribution in [0.5, 0.6) is 0 Å². The van der Waals surface area contributed by atoms with Crippen LogP contribution in [0.2, 0.25) is 0 Å². The third kappa shape index (κ3) is 4.78. The highest BCUT2D eigenvalue weighted by atomic mass is 19.3. The van der Waals surface area contributed by atoms with Crippen LogP contribution in [-0.4, -0.2) is 56.8 Å². The Balaban J connectivity index is 1.06. The summed E-state index contributed by atoms with van der Waals surface area (Å²) in [6.07, 6.45) is 9.51. The Morgan fingerprint density at radius 3 is 2.19 bits per heavy atom. The smallest absolute Gasteiger partial charge is 0.324 e. The van der Waals surface area contributed by atoms with Crippen molar-refractivity contribution in [1.82, 2.24) is 25.2 Å². The average molecular weight is 579 g/mol. The number of anilines is 1. The molecular weight excluding hydrogens is 542 g/mol. The van der Waals surface area contributed by atoms with Gasteiger partial charge < -0.3 is 13.9 Å². The Bertz CT molecular complexity index is 1460. The second-order valence-electron chi connectivity index (χ2n) is 13.5. The number of alkyl halides is 2. The minimum atomic E-state index is -2.72. The van der Waals surface area contributed by atoms with Gasteiger partial charge in [0.25, 0.3) is 11.8 Å². The number of carbonyl (C=O) groups excluding carboxylic acids is 1. The van der Waals surface area contributed by atoms with Crippen molar-refractivity contribution >= 4 is 11.7 Å². The zero-order valence-corrected chi connectivity index (χ0v) is 23.7. The van der Waals surface area contributed by atoms with Crippen LogP contribution in [0.1, 0.15) is 106 Å². The predicted octanol–water partition coefficient (Wildman–Crippen LogP) is 6.82. The van der Waals surface area contributed by atoms with Gasteiger partial charge in [0.2, 0.25) is 5.89 Å². The molecule has 6 fully saturated rings. The Labute approximate surface area is 243 Å². The molecule has 0 atom stereocenters. The van der Waals surface area contributed by atoms with Crippen LogP contribution in [0, 0.1) is 5.41 Å². The van der Waals surface area contributed by atoms with Crippen LogP contribution >= 0.6 is 0 Å². The fourth-order valence-electron chi connectivity index (χ4n) is 7.25. The van der Waals surface area contributed by atoms with Crippen molar-refractivity contribution in [2.24, 2.45) is 5.41 Å². The molecule has 0 N–H and O–H groups in total. The molecule has 1 saturated heterocycles. The van der Waals surface area contributed by atoms with Gasteiger partial charge in [-0.05, 0) is 87.8 Å². The van der Waals surface area contributed by atoms with Crippen LogP contribution in [0.25, 0.3) is 11.5 Å². The number of halogens is 2. The zero-order valence-electron chi connectivity index (χ0n) is 23.7. The minimum Gasteiger partial charge on any atom is -0.339 e. The van der Waals surface area contributed by atoms with Crippen molar-refractivity contribution in [3.05, 3.63) is 41.8 Å². The molecule has 5 aliphatic carbocycles. The van der Waals surface area contributed by atoms with Gasteiger partial charge in [-0.2, -0.15) is 9.97 Å². The van der Waals surface area contributed by atoms with E-state index >= 15 is 0 Å². The molecule has 3 aromatic rings. The molecule has 9 nitrogen and oxygen atoms in total. The maximum atomic E-state index is 14.1. The highest BCUT2D eigenvalue weighted by Gasteiger charge is 2.53. The monoisotopic (exact) mass is 578 g/mol. The first-order valence-electron chi connectivity index (χ1n) is 15.5. The van der Waals surface area contributed by atoms with Gasteiger partial charge in [-0.15, -0.1) is 0 Å². The van der Waals surface area contributed by atoms with E-state index in [1.54, 1.807) is 4.90 Å². The third-order valence-corrected chi connectivity index (χ3v) is 10.5. The van der Waals surface area contributed by atoms with Gasteiger partial charge in [0.05, 0.1) is 0 Å². The van der Waals surface area contributed by atoms with E-state index in [0.717, 1.165) is 93.0 Å². The second kappa shape index (κ2) is 9.57. The lowest BCUT2D eigenvalue weighted by atomic mass is 9.53. The Morgan fingerprint density at radius 1 is 0.881 bits per heavy atom. The number of fused-ring (bicyclic) bond motifs is 3. The maximum absolute atomic E-state index is 14.1. The summed E-state index contributed by atoms with van der Waals surface area (Å²) in [5.41, 5.74) is 1.34. The molecule has 0 radical (unpaired) electrons. The van der Waals surface area contributed by atoms with Crippen LogP contribution in [0.15, 0.2) is 33.3 Å². The number of nitrogens with zero attached hydrogens (tertiary/aromatic N) is 6. The molecule has 2 amide bonds. The van der Waals surface area contributed by atoms with Crippen LogP contribution in [0.4, 0.5) is 19.3 Å². The largest absolute Gasteiger partial charge is 0.339 e. The molecule has 222 valence electrons. The summed E-state index contributed by atoms with van der Waals surface area (Å²) in [7, 11) is 0. The maximum Gasteiger partial charge on any atom is 0.324 e. The number of rotatable bonds is 7. The van der Waals surface area contributed by atoms with Gasteiger partial charge in [-0.3, -0.25) is 4.90 Å². The van der Waals surface area contributed by atoms with Crippen molar-refractivity contribution in [3.63, 3.8) is 0 Å². The molecule has 0 unspecified atom stereocenters. The van der Waals surface area contributed by atoms with Crippen molar-refractivity contribution < 1.29 is 22.6 Å². The van der Waals surface area contributed by atoms with Crippen molar-refractivity contribution in [2.45, 2.75) is 100 Å².